The first kappa shape index (κ1) is 24.2. The van der Waals surface area contributed by atoms with E-state index >= 15 is 0 Å². The summed E-state index contributed by atoms with van der Waals surface area (Å²) in [4.78, 5) is 14.2. The molecule has 0 radical (unpaired) electrons. The second-order valence-electron chi connectivity index (χ2n) is 13.5. The summed E-state index contributed by atoms with van der Waals surface area (Å²) < 4.78 is 0. The van der Waals surface area contributed by atoms with Gasteiger partial charge in [0, 0.05) is 17.3 Å². The molecule has 0 aliphatic heterocycles. The van der Waals surface area contributed by atoms with Gasteiger partial charge in [0.1, 0.15) is 5.78 Å². The molecule has 4 aliphatic rings. The largest absolute Gasteiger partial charge is 0.392 e. The van der Waals surface area contributed by atoms with Crippen LogP contribution in [0.3, 0.4) is 0 Å². The average Bonchev–Trinajstić information content (AvgIpc) is 2.96. The van der Waals surface area contributed by atoms with E-state index in [1.54, 1.807) is 0 Å². The van der Waals surface area contributed by atoms with E-state index in [1.165, 1.54) is 30.4 Å². The SMILES string of the molecule is CC(C)=CCC[C@@H](C)[C@H]1CC[C@@]2(C)[C@@H]3CC=C4[C@@H](CC[C@H](O)C4(C)C)[C@]3(C)C(=O)C[C@]12C. The quantitative estimate of drug-likeness (QED) is 0.459. The standard InChI is InChI=1S/C30H48O2/c1-19(2)10-9-11-20(3)21-16-17-28(6)24-14-12-22-23(13-15-25(31)27(22,4)5)30(24,8)26(32)18-29(21,28)7/h10,12,20-21,23-25,31H,9,11,13-18H2,1-8H3/t20-,21-,23-,24+,25+,28+,29-,30+/m1/s1. The molecule has 4 aliphatic carbocycles. The van der Waals surface area contributed by atoms with Crippen LogP contribution in [0.2, 0.25) is 0 Å². The lowest BCUT2D eigenvalue weighted by molar-refractivity contribution is -0.171. The highest BCUT2D eigenvalue weighted by Gasteiger charge is 2.70. The molecule has 0 heterocycles. The zero-order valence-electron chi connectivity index (χ0n) is 22.1. The predicted molar refractivity (Wildman–Crippen MR) is 133 cm³/mol. The molecule has 1 N–H and O–H groups in total. The van der Waals surface area contributed by atoms with Gasteiger partial charge in [0.05, 0.1) is 6.10 Å². The molecular formula is C30H48O2. The summed E-state index contributed by atoms with van der Waals surface area (Å²) in [5.41, 5.74) is 2.63. The topological polar surface area (TPSA) is 37.3 Å². The number of fused-ring (bicyclic) bond motifs is 5. The smallest absolute Gasteiger partial charge is 0.140 e. The Balaban J connectivity index is 1.68. The lowest BCUT2D eigenvalue weighted by Crippen LogP contribution is -2.63. The molecule has 32 heavy (non-hydrogen) atoms. The minimum absolute atomic E-state index is 0.105. The Morgan fingerprint density at radius 1 is 1.12 bits per heavy atom. The molecule has 3 fully saturated rings. The predicted octanol–water partition coefficient (Wildman–Crippen LogP) is 7.51. The van der Waals surface area contributed by atoms with Crippen LogP contribution in [0.25, 0.3) is 0 Å². The van der Waals surface area contributed by atoms with Gasteiger partial charge >= 0.3 is 0 Å². The van der Waals surface area contributed by atoms with Crippen LogP contribution in [0, 0.1) is 45.3 Å². The first-order chi connectivity index (χ1) is 14.8. The molecule has 8 atom stereocenters. The number of aliphatic hydroxyl groups excluding tert-OH is 1. The number of carbonyl (C=O) groups is 1. The van der Waals surface area contributed by atoms with Crippen molar-refractivity contribution in [1.29, 1.82) is 0 Å². The molecule has 0 amide bonds. The van der Waals surface area contributed by atoms with Crippen LogP contribution in [-0.4, -0.2) is 17.0 Å². The highest BCUT2D eigenvalue weighted by atomic mass is 16.3. The first-order valence-electron chi connectivity index (χ1n) is 13.4. The van der Waals surface area contributed by atoms with Gasteiger partial charge < -0.3 is 5.11 Å². The van der Waals surface area contributed by atoms with Crippen LogP contribution >= 0.6 is 0 Å². The lowest BCUT2D eigenvalue weighted by atomic mass is 9.38. The monoisotopic (exact) mass is 440 g/mol. The maximum atomic E-state index is 14.2. The zero-order valence-corrected chi connectivity index (χ0v) is 22.1. The van der Waals surface area contributed by atoms with Crippen molar-refractivity contribution in [3.05, 3.63) is 23.3 Å². The van der Waals surface area contributed by atoms with E-state index in [9.17, 15) is 9.90 Å². The minimum Gasteiger partial charge on any atom is -0.392 e. The van der Waals surface area contributed by atoms with Crippen molar-refractivity contribution in [2.24, 2.45) is 45.3 Å². The van der Waals surface area contributed by atoms with Gasteiger partial charge in [0.15, 0.2) is 0 Å². The van der Waals surface area contributed by atoms with E-state index in [-0.39, 0.29) is 27.8 Å². The van der Waals surface area contributed by atoms with Crippen molar-refractivity contribution in [3.8, 4) is 0 Å². The van der Waals surface area contributed by atoms with E-state index in [0.29, 0.717) is 29.5 Å². The van der Waals surface area contributed by atoms with E-state index in [2.05, 4.69) is 67.5 Å². The van der Waals surface area contributed by atoms with E-state index < -0.39 is 0 Å². The second-order valence-corrected chi connectivity index (χ2v) is 13.5. The van der Waals surface area contributed by atoms with Crippen LogP contribution in [-0.2, 0) is 4.79 Å². The summed E-state index contributed by atoms with van der Waals surface area (Å²) in [6, 6.07) is 0. The summed E-state index contributed by atoms with van der Waals surface area (Å²) in [6.45, 7) is 18.6. The maximum Gasteiger partial charge on any atom is 0.140 e. The van der Waals surface area contributed by atoms with Crippen LogP contribution in [0.4, 0.5) is 0 Å². The molecular weight excluding hydrogens is 392 g/mol. The third-order valence-corrected chi connectivity index (χ3v) is 11.6. The Labute approximate surface area is 197 Å². The van der Waals surface area contributed by atoms with E-state index in [4.69, 9.17) is 0 Å². The Kier molecular flexibility index (Phi) is 5.93. The molecule has 2 nitrogen and oxygen atoms in total. The molecule has 3 saturated carbocycles. The summed E-state index contributed by atoms with van der Waals surface area (Å²) in [7, 11) is 0. The van der Waals surface area contributed by atoms with Crippen LogP contribution < -0.4 is 0 Å². The molecule has 0 unspecified atom stereocenters. The van der Waals surface area contributed by atoms with Gasteiger partial charge in [-0.15, -0.1) is 0 Å². The zero-order chi connectivity index (χ0) is 23.7. The van der Waals surface area contributed by atoms with Gasteiger partial charge in [0.2, 0.25) is 0 Å². The van der Waals surface area contributed by atoms with Crippen LogP contribution in [0.1, 0.15) is 107 Å². The van der Waals surface area contributed by atoms with Crippen molar-refractivity contribution in [2.45, 2.75) is 113 Å². The fourth-order valence-electron chi connectivity index (χ4n) is 9.21. The van der Waals surface area contributed by atoms with Gasteiger partial charge in [-0.25, -0.2) is 0 Å². The van der Waals surface area contributed by atoms with Gasteiger partial charge in [-0.2, -0.15) is 0 Å². The molecule has 0 aromatic rings. The van der Waals surface area contributed by atoms with Crippen molar-refractivity contribution in [1.82, 2.24) is 0 Å². The number of Topliss-reactive ketones (excluding diaryl/α,β-unsaturated/α-hetero) is 1. The number of rotatable bonds is 4. The number of ketones is 1. The van der Waals surface area contributed by atoms with Crippen LogP contribution in [0.5, 0.6) is 0 Å². The van der Waals surface area contributed by atoms with Crippen molar-refractivity contribution in [3.63, 3.8) is 0 Å². The Morgan fingerprint density at radius 3 is 2.47 bits per heavy atom. The maximum absolute atomic E-state index is 14.2. The Morgan fingerprint density at radius 2 is 1.81 bits per heavy atom. The third-order valence-electron chi connectivity index (χ3n) is 11.6. The van der Waals surface area contributed by atoms with Crippen molar-refractivity contribution < 1.29 is 9.90 Å². The van der Waals surface area contributed by atoms with Gasteiger partial charge in [-0.05, 0) is 93.3 Å². The van der Waals surface area contributed by atoms with Crippen molar-refractivity contribution in [2.75, 3.05) is 0 Å². The van der Waals surface area contributed by atoms with Crippen LogP contribution in [0.15, 0.2) is 23.3 Å². The highest BCUT2D eigenvalue weighted by Crippen LogP contribution is 2.74. The lowest BCUT2D eigenvalue weighted by Gasteiger charge is -2.64. The highest BCUT2D eigenvalue weighted by molar-refractivity contribution is 5.88. The third kappa shape index (κ3) is 3.18. The number of carbonyl (C=O) groups excluding carboxylic acids is 1. The number of aliphatic hydroxyl groups is 1. The minimum atomic E-state index is -0.290. The number of hydrogen-bond acceptors (Lipinski definition) is 2. The number of allylic oxidation sites excluding steroid dienone is 3. The Bertz CT molecular complexity index is 830. The normalized spacial score (nSPS) is 45.9. The average molecular weight is 441 g/mol. The first-order valence-corrected chi connectivity index (χ1v) is 13.4. The molecule has 0 bridgehead atoms. The van der Waals surface area contributed by atoms with Gasteiger partial charge in [-0.1, -0.05) is 64.8 Å². The second kappa shape index (κ2) is 7.82. The fraction of sp³-hybridized carbons (Fsp3) is 0.833. The molecule has 2 heteroatoms. The summed E-state index contributed by atoms with van der Waals surface area (Å²) >= 11 is 0. The van der Waals surface area contributed by atoms with E-state index in [0.717, 1.165) is 32.1 Å². The van der Waals surface area contributed by atoms with Gasteiger partial charge in [-0.3, -0.25) is 4.79 Å². The molecule has 0 saturated heterocycles. The summed E-state index contributed by atoms with van der Waals surface area (Å²) in [5, 5.41) is 10.7. The fourth-order valence-corrected chi connectivity index (χ4v) is 9.21. The molecule has 4 rings (SSSR count). The molecule has 0 aromatic carbocycles. The molecule has 0 aromatic heterocycles. The Hall–Kier alpha value is -0.890. The molecule has 0 spiro atoms. The van der Waals surface area contributed by atoms with Crippen molar-refractivity contribution >= 4 is 5.78 Å². The summed E-state index contributed by atoms with van der Waals surface area (Å²) in [6.07, 6.45) is 13.0. The van der Waals surface area contributed by atoms with Gasteiger partial charge in [0.25, 0.3) is 0 Å². The summed E-state index contributed by atoms with van der Waals surface area (Å²) in [5.74, 6) is 2.56. The number of hydrogen-bond donors (Lipinski definition) is 1. The van der Waals surface area contributed by atoms with E-state index in [1.807, 2.05) is 0 Å². The molecule has 180 valence electrons.